The van der Waals surface area contributed by atoms with Crippen molar-refractivity contribution in [1.82, 2.24) is 0 Å². The van der Waals surface area contributed by atoms with E-state index in [1.165, 1.54) is 0 Å². The lowest BCUT2D eigenvalue weighted by Crippen LogP contribution is -2.47. The number of aliphatic hydroxyl groups is 1. The summed E-state index contributed by atoms with van der Waals surface area (Å²) in [5.41, 5.74) is 0. The van der Waals surface area contributed by atoms with Crippen molar-refractivity contribution in [3.05, 3.63) is 0 Å². The van der Waals surface area contributed by atoms with E-state index in [1.54, 1.807) is 0 Å². The molecule has 2 N–H and O–H groups in total. The number of carboxylic acid groups (broad SMARTS) is 1. The topological polar surface area (TPSA) is 66.8 Å². The summed E-state index contributed by atoms with van der Waals surface area (Å²) in [6.07, 6.45) is -1.09. The van der Waals surface area contributed by atoms with Crippen LogP contribution in [0, 0.1) is 0 Å². The van der Waals surface area contributed by atoms with Gasteiger partial charge < -0.3 is 14.6 Å². The molecule has 0 saturated heterocycles. The van der Waals surface area contributed by atoms with Gasteiger partial charge in [0.05, 0.1) is 6.61 Å². The summed E-state index contributed by atoms with van der Waals surface area (Å²) in [4.78, 5) is 10.7. The second kappa shape index (κ2) is 4.42. The van der Waals surface area contributed by atoms with Crippen LogP contribution in [0.15, 0.2) is 0 Å². The molecule has 0 bridgehead atoms. The highest BCUT2D eigenvalue weighted by atomic mass is 28.4. The molecule has 1 atom stereocenters. The Morgan fingerprint density at radius 2 is 1.86 bits per heavy atom. The minimum atomic E-state index is -2.09. The maximum absolute atomic E-state index is 10.7. The maximum atomic E-state index is 10.7. The van der Waals surface area contributed by atoms with Crippen molar-refractivity contribution in [3.63, 3.8) is 0 Å². The Labute approximate surface area is 86.0 Å². The van der Waals surface area contributed by atoms with E-state index in [1.807, 2.05) is 33.9 Å². The Morgan fingerprint density at radius 3 is 2.07 bits per heavy atom. The van der Waals surface area contributed by atoms with E-state index in [4.69, 9.17) is 14.6 Å². The van der Waals surface area contributed by atoms with Crippen molar-refractivity contribution in [1.29, 1.82) is 0 Å². The molecule has 0 aliphatic rings. The molecule has 0 heterocycles. The first-order valence-corrected chi connectivity index (χ1v) is 7.54. The van der Waals surface area contributed by atoms with Gasteiger partial charge in [-0.1, -0.05) is 20.8 Å². The van der Waals surface area contributed by atoms with Crippen LogP contribution in [0.25, 0.3) is 0 Å². The van der Waals surface area contributed by atoms with Crippen LogP contribution in [0.1, 0.15) is 20.8 Å². The number of rotatable bonds is 4. The number of carboxylic acids is 1. The van der Waals surface area contributed by atoms with E-state index in [0.717, 1.165) is 0 Å². The molecule has 0 saturated carbocycles. The van der Waals surface area contributed by atoms with Crippen LogP contribution in [0.3, 0.4) is 0 Å². The van der Waals surface area contributed by atoms with Crippen molar-refractivity contribution in [3.8, 4) is 0 Å². The second-order valence-electron chi connectivity index (χ2n) is 4.89. The van der Waals surface area contributed by atoms with E-state index in [9.17, 15) is 4.79 Å². The fraction of sp³-hybridized carbons (Fsp3) is 0.889. The van der Waals surface area contributed by atoms with Crippen LogP contribution in [-0.2, 0) is 9.22 Å². The first-order valence-electron chi connectivity index (χ1n) is 4.63. The summed E-state index contributed by atoms with van der Waals surface area (Å²) < 4.78 is 5.50. The number of hydrogen-bond donors (Lipinski definition) is 2. The summed E-state index contributed by atoms with van der Waals surface area (Å²) >= 11 is 0. The molecule has 0 aliphatic carbocycles. The minimum Gasteiger partial charge on any atom is -0.479 e. The molecule has 0 aromatic rings. The highest BCUT2D eigenvalue weighted by Crippen LogP contribution is 2.37. The van der Waals surface area contributed by atoms with Gasteiger partial charge in [0.1, 0.15) is 0 Å². The fourth-order valence-corrected chi connectivity index (χ4v) is 1.94. The lowest BCUT2D eigenvalue weighted by molar-refractivity contribution is -0.147. The van der Waals surface area contributed by atoms with Gasteiger partial charge in [0, 0.05) is 0 Å². The Hall–Kier alpha value is -0.393. The second-order valence-corrected chi connectivity index (χ2v) is 9.64. The molecular formula is C9H20O4Si. The summed E-state index contributed by atoms with van der Waals surface area (Å²) in [5.74, 6) is -1.10. The van der Waals surface area contributed by atoms with Crippen molar-refractivity contribution in [2.45, 2.75) is 45.0 Å². The molecule has 0 rings (SSSR count). The molecule has 0 aromatic heterocycles. The van der Waals surface area contributed by atoms with E-state index < -0.39 is 27.0 Å². The van der Waals surface area contributed by atoms with Crippen molar-refractivity contribution in [2.75, 3.05) is 6.61 Å². The van der Waals surface area contributed by atoms with Crippen molar-refractivity contribution < 1.29 is 19.4 Å². The molecule has 1 unspecified atom stereocenters. The number of aliphatic carboxylic acids is 1. The quantitative estimate of drug-likeness (QED) is 0.704. The van der Waals surface area contributed by atoms with Crippen LogP contribution in [0.5, 0.6) is 0 Å². The monoisotopic (exact) mass is 220 g/mol. The number of aliphatic hydroxyl groups excluding tert-OH is 1. The molecule has 0 radical (unpaired) electrons. The Balaban J connectivity index is 4.56. The summed E-state index contributed by atoms with van der Waals surface area (Å²) in [7, 11) is -2.09. The minimum absolute atomic E-state index is 0.0458. The third-order valence-electron chi connectivity index (χ3n) is 2.68. The number of hydrogen-bond acceptors (Lipinski definition) is 3. The Bertz CT molecular complexity index is 207. The zero-order valence-corrected chi connectivity index (χ0v) is 10.5. The zero-order chi connectivity index (χ0) is 11.6. The predicted octanol–water partition coefficient (Wildman–Crippen LogP) is 1.45. The van der Waals surface area contributed by atoms with Gasteiger partial charge in [-0.2, -0.15) is 0 Å². The maximum Gasteiger partial charge on any atom is 0.334 e. The van der Waals surface area contributed by atoms with Gasteiger partial charge in [-0.25, -0.2) is 4.79 Å². The highest BCUT2D eigenvalue weighted by Gasteiger charge is 2.40. The Morgan fingerprint density at radius 1 is 1.43 bits per heavy atom. The summed E-state index contributed by atoms with van der Waals surface area (Å²) in [6, 6.07) is 0. The van der Waals surface area contributed by atoms with Crippen LogP contribution < -0.4 is 0 Å². The fourth-order valence-electron chi connectivity index (χ4n) is 0.698. The summed E-state index contributed by atoms with van der Waals surface area (Å²) in [5, 5.41) is 17.5. The molecule has 0 spiro atoms. The van der Waals surface area contributed by atoms with Gasteiger partial charge in [0.25, 0.3) is 0 Å². The lowest BCUT2D eigenvalue weighted by Gasteiger charge is -2.37. The average Bonchev–Trinajstić information content (AvgIpc) is 1.97. The van der Waals surface area contributed by atoms with Crippen molar-refractivity contribution in [2.24, 2.45) is 0 Å². The molecule has 0 aromatic carbocycles. The molecule has 84 valence electrons. The molecule has 5 heteroatoms. The molecule has 4 nitrogen and oxygen atoms in total. The number of carbonyl (C=O) groups is 1. The first-order chi connectivity index (χ1) is 6.12. The van der Waals surface area contributed by atoms with Gasteiger partial charge in [0.15, 0.2) is 14.4 Å². The van der Waals surface area contributed by atoms with Gasteiger partial charge in [0.2, 0.25) is 0 Å². The molecule has 0 fully saturated rings. The van der Waals surface area contributed by atoms with Gasteiger partial charge in [-0.3, -0.25) is 0 Å². The SMILES string of the molecule is CC(C)(C)[Si](C)(C)OC(CO)C(=O)O. The molecule has 14 heavy (non-hydrogen) atoms. The third-order valence-corrected chi connectivity index (χ3v) is 7.17. The highest BCUT2D eigenvalue weighted by molar-refractivity contribution is 6.74. The zero-order valence-electron chi connectivity index (χ0n) is 9.50. The lowest BCUT2D eigenvalue weighted by atomic mass is 10.2. The average molecular weight is 220 g/mol. The predicted molar refractivity (Wildman–Crippen MR) is 56.8 cm³/mol. The molecular weight excluding hydrogens is 200 g/mol. The van der Waals surface area contributed by atoms with Crippen molar-refractivity contribution >= 4 is 14.3 Å². The smallest absolute Gasteiger partial charge is 0.334 e. The van der Waals surface area contributed by atoms with Crippen LogP contribution in [0.4, 0.5) is 0 Å². The molecule has 0 amide bonds. The van der Waals surface area contributed by atoms with Crippen LogP contribution >= 0.6 is 0 Å². The van der Waals surface area contributed by atoms with Gasteiger partial charge >= 0.3 is 5.97 Å². The van der Waals surface area contributed by atoms with Crippen LogP contribution in [0.2, 0.25) is 18.1 Å². The standard InChI is InChI=1S/C9H20O4Si/c1-9(2,3)14(4,5)13-7(6-10)8(11)12/h7,10H,6H2,1-5H3,(H,11,12). The van der Waals surface area contributed by atoms with Gasteiger partial charge in [-0.15, -0.1) is 0 Å². The third kappa shape index (κ3) is 3.40. The Kier molecular flexibility index (Phi) is 4.29. The van der Waals surface area contributed by atoms with Gasteiger partial charge in [-0.05, 0) is 18.1 Å². The normalized spacial score (nSPS) is 15.3. The largest absolute Gasteiger partial charge is 0.479 e. The molecule has 0 aliphatic heterocycles. The first kappa shape index (κ1) is 13.6. The van der Waals surface area contributed by atoms with E-state index >= 15 is 0 Å². The van der Waals surface area contributed by atoms with E-state index in [-0.39, 0.29) is 5.04 Å². The van der Waals surface area contributed by atoms with Crippen LogP contribution in [-0.4, -0.2) is 37.2 Å². The summed E-state index contributed by atoms with van der Waals surface area (Å²) in [6.45, 7) is 9.51. The van der Waals surface area contributed by atoms with E-state index in [0.29, 0.717) is 0 Å². The van der Waals surface area contributed by atoms with E-state index in [2.05, 4.69) is 0 Å².